The molecule has 0 spiro atoms. The topological polar surface area (TPSA) is 83.8 Å². The van der Waals surface area contributed by atoms with Crippen LogP contribution in [-0.4, -0.2) is 44.5 Å². The summed E-state index contributed by atoms with van der Waals surface area (Å²) in [5, 5.41) is 5.23. The van der Waals surface area contributed by atoms with Gasteiger partial charge in [0.1, 0.15) is 11.5 Å². The predicted octanol–water partition coefficient (Wildman–Crippen LogP) is 1.32. The lowest BCUT2D eigenvalue weighted by molar-refractivity contribution is -0.139. The number of methoxy groups -OCH3 is 1. The van der Waals surface area contributed by atoms with E-state index in [2.05, 4.69) is 10.6 Å². The van der Waals surface area contributed by atoms with Crippen molar-refractivity contribution < 1.29 is 18.7 Å². The average Bonchev–Trinajstić information content (AvgIpc) is 3.13. The number of rotatable bonds is 7. The summed E-state index contributed by atoms with van der Waals surface area (Å²) >= 11 is 0. The van der Waals surface area contributed by atoms with Crippen LogP contribution in [0.3, 0.4) is 0 Å². The van der Waals surface area contributed by atoms with Crippen LogP contribution in [0.2, 0.25) is 0 Å². The molecular weight excluding hydrogens is 322 g/mol. The van der Waals surface area contributed by atoms with Gasteiger partial charge in [-0.2, -0.15) is 0 Å². The van der Waals surface area contributed by atoms with Gasteiger partial charge in [-0.3, -0.25) is 14.5 Å². The van der Waals surface area contributed by atoms with Crippen molar-refractivity contribution in [3.8, 4) is 5.75 Å². The van der Waals surface area contributed by atoms with E-state index in [4.69, 9.17) is 9.15 Å². The van der Waals surface area contributed by atoms with E-state index in [1.165, 1.54) is 0 Å². The van der Waals surface area contributed by atoms with Gasteiger partial charge in [0.05, 0.1) is 19.4 Å². The molecule has 0 fully saturated rings. The molecule has 1 heterocycles. The second kappa shape index (κ2) is 8.89. The monoisotopic (exact) mass is 345 g/mol. The van der Waals surface area contributed by atoms with Crippen LogP contribution in [-0.2, 0) is 16.1 Å². The molecule has 25 heavy (non-hydrogen) atoms. The summed E-state index contributed by atoms with van der Waals surface area (Å²) in [4.78, 5) is 25.9. The van der Waals surface area contributed by atoms with Crippen molar-refractivity contribution in [3.05, 3.63) is 54.0 Å². The van der Waals surface area contributed by atoms with Crippen molar-refractivity contribution in [3.63, 3.8) is 0 Å². The Morgan fingerprint density at radius 1 is 1.12 bits per heavy atom. The maximum atomic E-state index is 12.0. The van der Waals surface area contributed by atoms with E-state index in [1.807, 2.05) is 43.3 Å². The van der Waals surface area contributed by atoms with E-state index in [1.54, 1.807) is 25.5 Å². The van der Waals surface area contributed by atoms with Crippen molar-refractivity contribution in [2.45, 2.75) is 12.6 Å². The first kappa shape index (κ1) is 18.5. The van der Waals surface area contributed by atoms with E-state index in [9.17, 15) is 9.59 Å². The smallest absolute Gasteiger partial charge is 0.309 e. The first-order chi connectivity index (χ1) is 12.0. The van der Waals surface area contributed by atoms with Gasteiger partial charge in [0.25, 0.3) is 0 Å². The number of carbonyl (C=O) groups excluding carboxylic acids is 2. The molecule has 0 aliphatic heterocycles. The van der Waals surface area contributed by atoms with Gasteiger partial charge in [0.2, 0.25) is 0 Å². The summed E-state index contributed by atoms with van der Waals surface area (Å²) in [5.41, 5.74) is 0.799. The van der Waals surface area contributed by atoms with Crippen LogP contribution in [0.15, 0.2) is 47.1 Å². The first-order valence-electron chi connectivity index (χ1n) is 7.90. The summed E-state index contributed by atoms with van der Waals surface area (Å²) in [6, 6.07) is 10.8. The molecule has 0 saturated carbocycles. The molecule has 1 aromatic heterocycles. The van der Waals surface area contributed by atoms with Crippen LogP contribution in [0.4, 0.5) is 0 Å². The Morgan fingerprint density at radius 2 is 1.84 bits per heavy atom. The van der Waals surface area contributed by atoms with Crippen LogP contribution >= 0.6 is 0 Å². The second-order valence-corrected chi connectivity index (χ2v) is 5.70. The molecule has 1 atom stereocenters. The molecule has 7 nitrogen and oxygen atoms in total. The fourth-order valence-electron chi connectivity index (χ4n) is 2.39. The minimum atomic E-state index is -0.692. The number of ether oxygens (including phenoxy) is 1. The third kappa shape index (κ3) is 5.09. The fraction of sp³-hybridized carbons (Fsp3) is 0.333. The highest BCUT2D eigenvalue weighted by molar-refractivity contribution is 6.35. The van der Waals surface area contributed by atoms with E-state index < -0.39 is 11.8 Å². The van der Waals surface area contributed by atoms with Crippen LogP contribution in [0.25, 0.3) is 0 Å². The fourth-order valence-corrected chi connectivity index (χ4v) is 2.39. The lowest BCUT2D eigenvalue weighted by Crippen LogP contribution is -2.42. The number of nitrogens with one attached hydrogen (secondary N) is 2. The molecule has 2 rings (SSSR count). The van der Waals surface area contributed by atoms with Gasteiger partial charge in [0, 0.05) is 18.7 Å². The molecular formula is C18H23N3O4. The number of hydrogen-bond donors (Lipinski definition) is 2. The molecule has 0 aliphatic carbocycles. The van der Waals surface area contributed by atoms with Gasteiger partial charge in [-0.1, -0.05) is 18.2 Å². The number of furan rings is 1. The van der Waals surface area contributed by atoms with Crippen LogP contribution in [0.1, 0.15) is 17.4 Å². The first-order valence-corrected chi connectivity index (χ1v) is 7.90. The van der Waals surface area contributed by atoms with E-state index in [0.29, 0.717) is 5.75 Å². The van der Waals surface area contributed by atoms with Crippen molar-refractivity contribution in [2.75, 3.05) is 27.7 Å². The Hall–Kier alpha value is -2.80. The van der Waals surface area contributed by atoms with E-state index in [0.717, 1.165) is 11.3 Å². The molecule has 2 aromatic rings. The van der Waals surface area contributed by atoms with Gasteiger partial charge < -0.3 is 19.8 Å². The highest BCUT2D eigenvalue weighted by atomic mass is 16.5. The zero-order valence-corrected chi connectivity index (χ0v) is 14.6. The van der Waals surface area contributed by atoms with Crippen molar-refractivity contribution in [1.82, 2.24) is 15.5 Å². The number of para-hydroxylation sites is 1. The molecule has 0 bridgehead atoms. The molecule has 2 N–H and O–H groups in total. The highest BCUT2D eigenvalue weighted by Crippen LogP contribution is 2.18. The third-order valence-corrected chi connectivity index (χ3v) is 3.79. The number of likely N-dealkylation sites (N-methyl/N-ethyl adjacent to an activating group) is 1. The lowest BCUT2D eigenvalue weighted by Gasteiger charge is -2.22. The molecule has 7 heteroatoms. The summed E-state index contributed by atoms with van der Waals surface area (Å²) in [7, 11) is 5.31. The molecule has 0 saturated heterocycles. The van der Waals surface area contributed by atoms with Crippen molar-refractivity contribution >= 4 is 11.8 Å². The molecule has 0 radical (unpaired) electrons. The Kier molecular flexibility index (Phi) is 6.59. The molecule has 134 valence electrons. The average molecular weight is 345 g/mol. The largest absolute Gasteiger partial charge is 0.496 e. The van der Waals surface area contributed by atoms with Gasteiger partial charge in [-0.05, 0) is 32.3 Å². The van der Waals surface area contributed by atoms with Gasteiger partial charge in [0.15, 0.2) is 0 Å². The minimum absolute atomic E-state index is 0.152. The van der Waals surface area contributed by atoms with Crippen LogP contribution in [0, 0.1) is 0 Å². The summed E-state index contributed by atoms with van der Waals surface area (Å²) in [5.74, 6) is 0.00425. The van der Waals surface area contributed by atoms with Crippen LogP contribution in [0.5, 0.6) is 5.75 Å². The molecule has 1 unspecified atom stereocenters. The standard InChI is InChI=1S/C18H23N3O4/c1-21(2)14(16-9-6-10-25-16)12-20-18(23)17(22)19-11-13-7-4-5-8-15(13)24-3/h4-10,14H,11-12H2,1-3H3,(H,19,22)(H,20,23). The number of nitrogens with zero attached hydrogens (tertiary/aromatic N) is 1. The van der Waals surface area contributed by atoms with E-state index in [-0.39, 0.29) is 19.1 Å². The van der Waals surface area contributed by atoms with Gasteiger partial charge >= 0.3 is 11.8 Å². The number of carbonyl (C=O) groups is 2. The molecule has 1 aromatic carbocycles. The summed E-state index contributed by atoms with van der Waals surface area (Å²) < 4.78 is 10.6. The van der Waals surface area contributed by atoms with Crippen molar-refractivity contribution in [1.29, 1.82) is 0 Å². The van der Waals surface area contributed by atoms with Crippen molar-refractivity contribution in [2.24, 2.45) is 0 Å². The SMILES string of the molecule is COc1ccccc1CNC(=O)C(=O)NCC(c1ccco1)N(C)C. The predicted molar refractivity (Wildman–Crippen MR) is 93.0 cm³/mol. The third-order valence-electron chi connectivity index (χ3n) is 3.79. The number of hydrogen-bond acceptors (Lipinski definition) is 5. The van der Waals surface area contributed by atoms with Crippen LogP contribution < -0.4 is 15.4 Å². The zero-order chi connectivity index (χ0) is 18.2. The quantitative estimate of drug-likeness (QED) is 0.740. The molecule has 0 aliphatic rings. The Bertz CT molecular complexity index is 698. The Morgan fingerprint density at radius 3 is 2.48 bits per heavy atom. The van der Waals surface area contributed by atoms with Gasteiger partial charge in [-0.15, -0.1) is 0 Å². The maximum Gasteiger partial charge on any atom is 0.309 e. The number of amides is 2. The highest BCUT2D eigenvalue weighted by Gasteiger charge is 2.20. The Balaban J connectivity index is 1.86. The number of benzene rings is 1. The summed E-state index contributed by atoms with van der Waals surface area (Å²) in [6.45, 7) is 0.479. The Labute approximate surface area is 146 Å². The second-order valence-electron chi connectivity index (χ2n) is 5.70. The maximum absolute atomic E-state index is 12.0. The van der Waals surface area contributed by atoms with E-state index >= 15 is 0 Å². The summed E-state index contributed by atoms with van der Waals surface area (Å²) in [6.07, 6.45) is 1.58. The molecule has 2 amide bonds. The normalized spacial score (nSPS) is 11.8. The lowest BCUT2D eigenvalue weighted by atomic mass is 10.2. The zero-order valence-electron chi connectivity index (χ0n) is 14.6. The van der Waals surface area contributed by atoms with Gasteiger partial charge in [-0.25, -0.2) is 0 Å². The minimum Gasteiger partial charge on any atom is -0.496 e.